The molecule has 17 heavy (non-hydrogen) atoms. The maximum atomic E-state index is 10.6. The van der Waals surface area contributed by atoms with E-state index in [2.05, 4.69) is 23.9 Å². The molecule has 1 aliphatic rings. The van der Waals surface area contributed by atoms with Crippen LogP contribution in [0.1, 0.15) is 38.5 Å². The number of carboxylic acid groups (broad SMARTS) is 1. The van der Waals surface area contributed by atoms with Gasteiger partial charge in [0.15, 0.2) is 0 Å². The maximum Gasteiger partial charge on any atom is 0.303 e. The summed E-state index contributed by atoms with van der Waals surface area (Å²) in [4.78, 5) is 15.3. The van der Waals surface area contributed by atoms with Gasteiger partial charge in [0, 0.05) is 12.5 Å². The summed E-state index contributed by atoms with van der Waals surface area (Å²) in [5.41, 5.74) is 0. The Morgan fingerprint density at radius 2 is 2.18 bits per heavy atom. The van der Waals surface area contributed by atoms with Crippen molar-refractivity contribution >= 4 is 5.97 Å². The molecular weight excluding hydrogens is 216 g/mol. The summed E-state index contributed by atoms with van der Waals surface area (Å²) in [6.07, 6.45) is 6.01. The molecule has 0 aromatic carbocycles. The van der Waals surface area contributed by atoms with Crippen LogP contribution in [0.15, 0.2) is 0 Å². The minimum atomic E-state index is -0.663. The van der Waals surface area contributed by atoms with E-state index in [9.17, 15) is 4.79 Å². The first-order valence-electron chi connectivity index (χ1n) is 6.70. The van der Waals surface area contributed by atoms with Crippen LogP contribution in [0.25, 0.3) is 0 Å². The molecule has 0 aromatic heterocycles. The van der Waals surface area contributed by atoms with Crippen molar-refractivity contribution in [3.63, 3.8) is 0 Å². The highest BCUT2D eigenvalue weighted by molar-refractivity contribution is 5.66. The van der Waals surface area contributed by atoms with Crippen LogP contribution in [0.4, 0.5) is 0 Å². The Hall–Kier alpha value is -0.610. The molecule has 0 bridgehead atoms. The summed E-state index contributed by atoms with van der Waals surface area (Å²) in [7, 11) is 4.19. The number of carbonyl (C=O) groups is 1. The summed E-state index contributed by atoms with van der Waals surface area (Å²) in [5.74, 6) is -0.663. The normalized spacial score (nSPS) is 21.9. The molecule has 0 spiro atoms. The van der Waals surface area contributed by atoms with Crippen molar-refractivity contribution in [1.29, 1.82) is 0 Å². The lowest BCUT2D eigenvalue weighted by molar-refractivity contribution is -0.137. The smallest absolute Gasteiger partial charge is 0.303 e. The number of likely N-dealkylation sites (tertiary alicyclic amines) is 1. The molecule has 1 atom stereocenters. The second kappa shape index (κ2) is 7.67. The van der Waals surface area contributed by atoms with Crippen LogP contribution in [-0.2, 0) is 4.79 Å². The van der Waals surface area contributed by atoms with E-state index in [1.165, 1.54) is 25.7 Å². The Labute approximate surface area is 105 Å². The SMILES string of the molecule is CN(C)CCCN1CCCCC1CCC(=O)O. The number of nitrogens with zero attached hydrogens (tertiary/aromatic N) is 2. The minimum Gasteiger partial charge on any atom is -0.481 e. The predicted octanol–water partition coefficient (Wildman–Crippen LogP) is 1.66. The van der Waals surface area contributed by atoms with Crippen molar-refractivity contribution in [3.8, 4) is 0 Å². The lowest BCUT2D eigenvalue weighted by Gasteiger charge is -2.35. The largest absolute Gasteiger partial charge is 0.481 e. The molecule has 1 N–H and O–H groups in total. The molecule has 4 heteroatoms. The summed E-state index contributed by atoms with van der Waals surface area (Å²) >= 11 is 0. The van der Waals surface area contributed by atoms with Crippen LogP contribution < -0.4 is 0 Å². The highest BCUT2D eigenvalue weighted by atomic mass is 16.4. The van der Waals surface area contributed by atoms with Crippen molar-refractivity contribution in [3.05, 3.63) is 0 Å². The number of piperidine rings is 1. The van der Waals surface area contributed by atoms with E-state index in [1.54, 1.807) is 0 Å². The van der Waals surface area contributed by atoms with Gasteiger partial charge in [0.25, 0.3) is 0 Å². The molecular formula is C13H26N2O2. The zero-order valence-electron chi connectivity index (χ0n) is 11.2. The zero-order valence-corrected chi connectivity index (χ0v) is 11.2. The summed E-state index contributed by atoms with van der Waals surface area (Å²) in [6, 6.07) is 0.502. The highest BCUT2D eigenvalue weighted by Gasteiger charge is 2.22. The zero-order chi connectivity index (χ0) is 12.7. The van der Waals surface area contributed by atoms with Crippen molar-refractivity contribution in [2.45, 2.75) is 44.6 Å². The van der Waals surface area contributed by atoms with Crippen LogP contribution in [0.5, 0.6) is 0 Å². The topological polar surface area (TPSA) is 43.8 Å². The second-order valence-corrected chi connectivity index (χ2v) is 5.27. The Bertz CT molecular complexity index is 231. The predicted molar refractivity (Wildman–Crippen MR) is 69.3 cm³/mol. The van der Waals surface area contributed by atoms with Crippen LogP contribution in [0, 0.1) is 0 Å². The van der Waals surface area contributed by atoms with Gasteiger partial charge in [-0.3, -0.25) is 4.79 Å². The Balaban J connectivity index is 2.29. The van der Waals surface area contributed by atoms with Gasteiger partial charge >= 0.3 is 5.97 Å². The monoisotopic (exact) mass is 242 g/mol. The van der Waals surface area contributed by atoms with Gasteiger partial charge in [-0.15, -0.1) is 0 Å². The van der Waals surface area contributed by atoms with Gasteiger partial charge in [-0.2, -0.15) is 0 Å². The molecule has 1 unspecified atom stereocenters. The third-order valence-corrected chi connectivity index (χ3v) is 3.49. The van der Waals surface area contributed by atoms with Crippen molar-refractivity contribution in [1.82, 2.24) is 9.80 Å². The fourth-order valence-electron chi connectivity index (χ4n) is 2.56. The van der Waals surface area contributed by atoms with Crippen LogP contribution in [-0.4, -0.2) is 60.6 Å². The molecule has 0 saturated carbocycles. The first kappa shape index (κ1) is 14.5. The van der Waals surface area contributed by atoms with Crippen LogP contribution in [0.2, 0.25) is 0 Å². The fourth-order valence-corrected chi connectivity index (χ4v) is 2.56. The van der Waals surface area contributed by atoms with Crippen molar-refractivity contribution < 1.29 is 9.90 Å². The molecule has 0 radical (unpaired) electrons. The van der Waals surface area contributed by atoms with Gasteiger partial charge in [-0.25, -0.2) is 0 Å². The Morgan fingerprint density at radius 3 is 2.82 bits per heavy atom. The lowest BCUT2D eigenvalue weighted by Crippen LogP contribution is -2.41. The standard InChI is InChI=1S/C13H26N2O2/c1-14(2)9-5-11-15-10-4-3-6-12(15)7-8-13(16)17/h12H,3-11H2,1-2H3,(H,16,17). The molecule has 4 nitrogen and oxygen atoms in total. The van der Waals surface area contributed by atoms with E-state index in [0.717, 1.165) is 26.1 Å². The van der Waals surface area contributed by atoms with E-state index in [1.807, 2.05) is 0 Å². The highest BCUT2D eigenvalue weighted by Crippen LogP contribution is 2.20. The third kappa shape index (κ3) is 6.03. The van der Waals surface area contributed by atoms with E-state index in [4.69, 9.17) is 5.11 Å². The lowest BCUT2D eigenvalue weighted by atomic mass is 9.97. The Morgan fingerprint density at radius 1 is 1.41 bits per heavy atom. The molecule has 0 amide bonds. The van der Waals surface area contributed by atoms with Crippen molar-refractivity contribution in [2.75, 3.05) is 33.7 Å². The molecule has 1 saturated heterocycles. The van der Waals surface area contributed by atoms with Crippen LogP contribution >= 0.6 is 0 Å². The van der Waals surface area contributed by atoms with Crippen molar-refractivity contribution in [2.24, 2.45) is 0 Å². The molecule has 0 aliphatic carbocycles. The fraction of sp³-hybridized carbons (Fsp3) is 0.923. The summed E-state index contributed by atoms with van der Waals surface area (Å²) < 4.78 is 0. The maximum absolute atomic E-state index is 10.6. The molecule has 1 heterocycles. The Kier molecular flexibility index (Phi) is 6.52. The summed E-state index contributed by atoms with van der Waals surface area (Å²) in [5, 5.41) is 8.75. The van der Waals surface area contributed by atoms with Gasteiger partial charge < -0.3 is 14.9 Å². The van der Waals surface area contributed by atoms with Gasteiger partial charge in [-0.1, -0.05) is 6.42 Å². The van der Waals surface area contributed by atoms with Crippen LogP contribution in [0.3, 0.4) is 0 Å². The number of hydrogen-bond donors (Lipinski definition) is 1. The molecule has 1 rings (SSSR count). The average molecular weight is 242 g/mol. The minimum absolute atomic E-state index is 0.314. The number of hydrogen-bond acceptors (Lipinski definition) is 3. The van der Waals surface area contributed by atoms with E-state index < -0.39 is 5.97 Å². The van der Waals surface area contributed by atoms with E-state index in [-0.39, 0.29) is 0 Å². The number of carboxylic acids is 1. The summed E-state index contributed by atoms with van der Waals surface area (Å²) in [6.45, 7) is 3.38. The number of aliphatic carboxylic acids is 1. The number of rotatable bonds is 7. The first-order valence-corrected chi connectivity index (χ1v) is 6.70. The third-order valence-electron chi connectivity index (χ3n) is 3.49. The molecule has 100 valence electrons. The average Bonchev–Trinajstić information content (AvgIpc) is 2.27. The molecule has 1 fully saturated rings. The van der Waals surface area contributed by atoms with Gasteiger partial charge in [0.2, 0.25) is 0 Å². The van der Waals surface area contributed by atoms with Gasteiger partial charge in [0.05, 0.1) is 0 Å². The van der Waals surface area contributed by atoms with Gasteiger partial charge in [-0.05, 0) is 59.4 Å². The molecule has 0 aromatic rings. The van der Waals surface area contributed by atoms with E-state index in [0.29, 0.717) is 12.5 Å². The second-order valence-electron chi connectivity index (χ2n) is 5.27. The quantitative estimate of drug-likeness (QED) is 0.737. The molecule has 1 aliphatic heterocycles. The van der Waals surface area contributed by atoms with E-state index >= 15 is 0 Å². The van der Waals surface area contributed by atoms with Gasteiger partial charge in [0.1, 0.15) is 0 Å². The first-order chi connectivity index (χ1) is 8.09.